The lowest BCUT2D eigenvalue weighted by atomic mass is 10.1. The highest BCUT2D eigenvalue weighted by atomic mass is 35.5. The fourth-order valence-corrected chi connectivity index (χ4v) is 3.32. The molecule has 0 bridgehead atoms. The molecule has 3 rings (SSSR count). The van der Waals surface area contributed by atoms with Crippen molar-refractivity contribution in [3.05, 3.63) is 92.4 Å². The molecule has 154 valence electrons. The monoisotopic (exact) mass is 463 g/mol. The molecule has 0 aliphatic rings. The van der Waals surface area contributed by atoms with Crippen molar-refractivity contribution in [1.82, 2.24) is 0 Å². The van der Waals surface area contributed by atoms with Crippen molar-refractivity contribution in [2.45, 2.75) is 13.0 Å². The van der Waals surface area contributed by atoms with Gasteiger partial charge in [-0.15, -0.1) is 0 Å². The van der Waals surface area contributed by atoms with Crippen molar-refractivity contribution < 1.29 is 19.4 Å². The number of carboxylic acid groups (broad SMARTS) is 1. The first-order chi connectivity index (χ1) is 14.3. The molecule has 1 amide bonds. The Morgan fingerprint density at radius 1 is 0.933 bits per heavy atom. The average molecular weight is 465 g/mol. The van der Waals surface area contributed by atoms with Gasteiger partial charge in [0.15, 0.2) is 0 Å². The van der Waals surface area contributed by atoms with Crippen LogP contribution >= 0.6 is 34.8 Å². The highest BCUT2D eigenvalue weighted by molar-refractivity contribution is 6.34. The molecular weight excluding hydrogens is 449 g/mol. The highest BCUT2D eigenvalue weighted by Crippen LogP contribution is 2.28. The van der Waals surface area contributed by atoms with Gasteiger partial charge in [-0.1, -0.05) is 59.1 Å². The predicted octanol–water partition coefficient (Wildman–Crippen LogP) is 6.11. The molecule has 0 unspecified atom stereocenters. The van der Waals surface area contributed by atoms with Gasteiger partial charge < -0.3 is 15.2 Å². The van der Waals surface area contributed by atoms with Crippen LogP contribution in [-0.2, 0) is 17.8 Å². The fraction of sp³-hybridized carbons (Fsp3) is 0.0909. The zero-order valence-electron chi connectivity index (χ0n) is 15.5. The number of carbonyl (C=O) groups is 2. The molecule has 8 heteroatoms. The number of aliphatic carboxylic acids is 1. The maximum atomic E-state index is 12.9. The first-order valence-electron chi connectivity index (χ1n) is 8.81. The summed E-state index contributed by atoms with van der Waals surface area (Å²) in [5, 5.41) is 12.7. The smallest absolute Gasteiger partial charge is 0.307 e. The van der Waals surface area contributed by atoms with Crippen molar-refractivity contribution in [3.63, 3.8) is 0 Å². The average Bonchev–Trinajstić information content (AvgIpc) is 2.69. The third kappa shape index (κ3) is 5.66. The van der Waals surface area contributed by atoms with Gasteiger partial charge in [0.05, 0.1) is 22.7 Å². The first-order valence-corrected chi connectivity index (χ1v) is 9.94. The van der Waals surface area contributed by atoms with Crippen LogP contribution in [0.1, 0.15) is 21.5 Å². The largest absolute Gasteiger partial charge is 0.488 e. The second-order valence-corrected chi connectivity index (χ2v) is 7.61. The van der Waals surface area contributed by atoms with Gasteiger partial charge in [-0.25, -0.2) is 0 Å². The lowest BCUT2D eigenvalue weighted by Gasteiger charge is -2.14. The summed E-state index contributed by atoms with van der Waals surface area (Å²) < 4.78 is 5.81. The SMILES string of the molecule is O=C(O)Cc1ccc(NC(=O)c2cc(Cl)ccc2OCc2ccccc2Cl)c(Cl)c1. The molecule has 2 N–H and O–H groups in total. The summed E-state index contributed by atoms with van der Waals surface area (Å²) >= 11 is 18.4. The van der Waals surface area contributed by atoms with Crippen LogP contribution < -0.4 is 10.1 Å². The second-order valence-electron chi connectivity index (χ2n) is 6.36. The molecule has 3 aromatic carbocycles. The van der Waals surface area contributed by atoms with Gasteiger partial charge in [0.2, 0.25) is 0 Å². The lowest BCUT2D eigenvalue weighted by molar-refractivity contribution is -0.136. The van der Waals surface area contributed by atoms with Crippen molar-refractivity contribution in [3.8, 4) is 5.75 Å². The molecular formula is C22H16Cl3NO4. The third-order valence-electron chi connectivity index (χ3n) is 4.16. The summed E-state index contributed by atoms with van der Waals surface area (Å²) in [4.78, 5) is 23.7. The minimum absolute atomic E-state index is 0.164. The van der Waals surface area contributed by atoms with Crippen LogP contribution in [0.15, 0.2) is 60.7 Å². The number of halogens is 3. The van der Waals surface area contributed by atoms with Crippen LogP contribution in [0.5, 0.6) is 5.75 Å². The predicted molar refractivity (Wildman–Crippen MR) is 118 cm³/mol. The number of carbonyl (C=O) groups excluding carboxylic acids is 1. The molecule has 0 radical (unpaired) electrons. The summed E-state index contributed by atoms with van der Waals surface area (Å²) in [6.07, 6.45) is -0.164. The quantitative estimate of drug-likeness (QED) is 0.442. The minimum atomic E-state index is -0.970. The molecule has 0 fully saturated rings. The molecule has 0 atom stereocenters. The van der Waals surface area contributed by atoms with Crippen LogP contribution in [0.4, 0.5) is 5.69 Å². The van der Waals surface area contributed by atoms with Gasteiger partial charge in [-0.2, -0.15) is 0 Å². The number of hydrogen-bond donors (Lipinski definition) is 2. The van der Waals surface area contributed by atoms with E-state index in [0.29, 0.717) is 27.0 Å². The van der Waals surface area contributed by atoms with Gasteiger partial charge in [-0.05, 0) is 42.0 Å². The van der Waals surface area contributed by atoms with Crippen molar-refractivity contribution >= 4 is 52.4 Å². The summed E-state index contributed by atoms with van der Waals surface area (Å²) in [5.74, 6) is -1.11. The van der Waals surface area contributed by atoms with E-state index in [1.54, 1.807) is 30.3 Å². The number of benzene rings is 3. The van der Waals surface area contributed by atoms with Gasteiger partial charge in [-0.3, -0.25) is 9.59 Å². The molecule has 3 aromatic rings. The van der Waals surface area contributed by atoms with Crippen molar-refractivity contribution in [1.29, 1.82) is 0 Å². The van der Waals surface area contributed by atoms with Crippen LogP contribution in [-0.4, -0.2) is 17.0 Å². The van der Waals surface area contributed by atoms with E-state index < -0.39 is 11.9 Å². The molecule has 0 heterocycles. The highest BCUT2D eigenvalue weighted by Gasteiger charge is 2.16. The number of nitrogens with one attached hydrogen (secondary N) is 1. The van der Waals surface area contributed by atoms with Crippen LogP contribution in [0.2, 0.25) is 15.1 Å². The van der Waals surface area contributed by atoms with E-state index in [-0.39, 0.29) is 23.6 Å². The van der Waals surface area contributed by atoms with E-state index >= 15 is 0 Å². The molecule has 0 saturated carbocycles. The maximum Gasteiger partial charge on any atom is 0.307 e. The molecule has 0 saturated heterocycles. The second kappa shape index (κ2) is 9.85. The summed E-state index contributed by atoms with van der Waals surface area (Å²) in [6, 6.07) is 16.6. The number of ether oxygens (including phenoxy) is 1. The van der Waals surface area contributed by atoms with E-state index in [4.69, 9.17) is 44.6 Å². The van der Waals surface area contributed by atoms with Gasteiger partial charge in [0.25, 0.3) is 5.91 Å². The zero-order valence-corrected chi connectivity index (χ0v) is 17.8. The van der Waals surface area contributed by atoms with Crippen molar-refractivity contribution in [2.75, 3.05) is 5.32 Å². The normalized spacial score (nSPS) is 10.5. The van der Waals surface area contributed by atoms with Crippen molar-refractivity contribution in [2.24, 2.45) is 0 Å². The Balaban J connectivity index is 1.79. The third-order valence-corrected chi connectivity index (χ3v) is 5.08. The Morgan fingerprint density at radius 3 is 2.40 bits per heavy atom. The van der Waals surface area contributed by atoms with Crippen LogP contribution in [0.3, 0.4) is 0 Å². The van der Waals surface area contributed by atoms with Gasteiger partial charge in [0, 0.05) is 15.6 Å². The zero-order chi connectivity index (χ0) is 21.7. The number of carboxylic acids is 1. The van der Waals surface area contributed by atoms with E-state index in [1.807, 2.05) is 18.2 Å². The lowest BCUT2D eigenvalue weighted by Crippen LogP contribution is -2.14. The molecule has 0 aliphatic heterocycles. The molecule has 0 aliphatic carbocycles. The number of anilines is 1. The standard InChI is InChI=1S/C22H16Cl3NO4/c23-15-6-8-20(30-12-14-3-1-2-4-17(14)24)16(11-15)22(29)26-19-7-5-13(9-18(19)25)10-21(27)28/h1-9,11H,10,12H2,(H,26,29)(H,27,28). The Labute approximate surface area is 188 Å². The van der Waals surface area contributed by atoms with Gasteiger partial charge in [0.1, 0.15) is 12.4 Å². The number of hydrogen-bond acceptors (Lipinski definition) is 3. The van der Waals surface area contributed by atoms with E-state index in [2.05, 4.69) is 5.32 Å². The Bertz CT molecular complexity index is 1100. The Hall–Kier alpha value is -2.73. The maximum absolute atomic E-state index is 12.9. The topological polar surface area (TPSA) is 75.6 Å². The van der Waals surface area contributed by atoms with Gasteiger partial charge >= 0.3 is 5.97 Å². The number of rotatable bonds is 7. The van der Waals surface area contributed by atoms with Crippen LogP contribution in [0, 0.1) is 0 Å². The minimum Gasteiger partial charge on any atom is -0.488 e. The summed E-state index contributed by atoms with van der Waals surface area (Å²) in [6.45, 7) is 0.173. The molecule has 5 nitrogen and oxygen atoms in total. The van der Waals surface area contributed by atoms with E-state index in [1.165, 1.54) is 12.1 Å². The molecule has 0 spiro atoms. The number of amides is 1. The summed E-state index contributed by atoms with van der Waals surface area (Å²) in [7, 11) is 0. The molecule has 0 aromatic heterocycles. The van der Waals surface area contributed by atoms with E-state index in [9.17, 15) is 9.59 Å². The summed E-state index contributed by atoms with van der Waals surface area (Å²) in [5.41, 5.74) is 1.86. The van der Waals surface area contributed by atoms with E-state index in [0.717, 1.165) is 5.56 Å². The molecule has 30 heavy (non-hydrogen) atoms. The fourth-order valence-electron chi connectivity index (χ4n) is 2.71. The Kier molecular flexibility index (Phi) is 7.21. The van der Waals surface area contributed by atoms with Crippen LogP contribution in [0.25, 0.3) is 0 Å². The first kappa shape index (κ1) is 22.0. The Morgan fingerprint density at radius 2 is 1.70 bits per heavy atom.